The van der Waals surface area contributed by atoms with E-state index in [-0.39, 0.29) is 5.91 Å². The zero-order valence-corrected chi connectivity index (χ0v) is 7.84. The van der Waals surface area contributed by atoms with E-state index in [4.69, 9.17) is 0 Å². The van der Waals surface area contributed by atoms with Crippen LogP contribution in [0.1, 0.15) is 26.7 Å². The summed E-state index contributed by atoms with van der Waals surface area (Å²) < 4.78 is 0. The molecule has 1 aliphatic heterocycles. The molecule has 0 aromatic heterocycles. The van der Waals surface area contributed by atoms with E-state index in [1.807, 2.05) is 13.8 Å². The zero-order chi connectivity index (χ0) is 8.97. The van der Waals surface area contributed by atoms with Gasteiger partial charge in [0, 0.05) is 12.5 Å². The summed E-state index contributed by atoms with van der Waals surface area (Å²) in [6.45, 7) is 4.90. The van der Waals surface area contributed by atoms with Crippen molar-refractivity contribution in [2.24, 2.45) is 11.8 Å². The van der Waals surface area contributed by atoms with Crippen LogP contribution >= 0.6 is 0 Å². The lowest BCUT2D eigenvalue weighted by molar-refractivity contribution is -0.122. The van der Waals surface area contributed by atoms with Crippen LogP contribution in [0.25, 0.3) is 0 Å². The monoisotopic (exact) mass is 167 g/mol. The van der Waals surface area contributed by atoms with Gasteiger partial charge in [-0.1, -0.05) is 26.0 Å². The first-order valence-electron chi connectivity index (χ1n) is 4.80. The van der Waals surface area contributed by atoms with Crippen LogP contribution in [0, 0.1) is 11.8 Å². The molecule has 1 N–H and O–H groups in total. The molecule has 12 heavy (non-hydrogen) atoms. The van der Waals surface area contributed by atoms with Gasteiger partial charge >= 0.3 is 0 Å². The van der Waals surface area contributed by atoms with E-state index < -0.39 is 0 Å². The Morgan fingerprint density at radius 3 is 2.67 bits per heavy atom. The number of carbonyl (C=O) groups excluding carboxylic acids is 1. The molecule has 2 unspecified atom stereocenters. The number of hydrogen-bond donors (Lipinski definition) is 1. The second-order valence-electron chi connectivity index (χ2n) is 3.05. The molecule has 2 nitrogen and oxygen atoms in total. The molecule has 1 aliphatic carbocycles. The lowest BCUT2D eigenvalue weighted by Crippen LogP contribution is -2.20. The predicted octanol–water partition coefficient (Wildman–Crippen LogP) is 1.72. The van der Waals surface area contributed by atoms with Crippen molar-refractivity contribution in [2.45, 2.75) is 26.7 Å². The molecule has 2 aliphatic rings. The van der Waals surface area contributed by atoms with Gasteiger partial charge in [0.25, 0.3) is 0 Å². The molecule has 0 bridgehead atoms. The van der Waals surface area contributed by atoms with Gasteiger partial charge in [0.1, 0.15) is 0 Å². The first kappa shape index (κ1) is 9.30. The molecule has 2 rings (SSSR count). The fourth-order valence-corrected chi connectivity index (χ4v) is 1.78. The molecular weight excluding hydrogens is 150 g/mol. The van der Waals surface area contributed by atoms with E-state index >= 15 is 0 Å². The Bertz CT molecular complexity index is 186. The average molecular weight is 167 g/mol. The van der Waals surface area contributed by atoms with Crippen LogP contribution in [0.3, 0.4) is 0 Å². The second kappa shape index (κ2) is 4.29. The van der Waals surface area contributed by atoms with Crippen LogP contribution in [0.2, 0.25) is 0 Å². The summed E-state index contributed by atoms with van der Waals surface area (Å²) in [5.74, 6) is 1.15. The minimum absolute atomic E-state index is 0.259. The first-order valence-corrected chi connectivity index (χ1v) is 4.80. The Labute approximate surface area is 74.0 Å². The van der Waals surface area contributed by atoms with Crippen molar-refractivity contribution >= 4 is 5.91 Å². The minimum Gasteiger partial charge on any atom is -0.356 e. The summed E-state index contributed by atoms with van der Waals surface area (Å²) in [5.41, 5.74) is 0. The summed E-state index contributed by atoms with van der Waals surface area (Å²) in [4.78, 5) is 11.1. The van der Waals surface area contributed by atoms with Crippen molar-refractivity contribution in [1.82, 2.24) is 5.32 Å². The first-order chi connectivity index (χ1) is 5.88. The van der Waals surface area contributed by atoms with Crippen LogP contribution in [0.5, 0.6) is 0 Å². The highest BCUT2D eigenvalue weighted by Crippen LogP contribution is 2.28. The highest BCUT2D eigenvalue weighted by atomic mass is 16.2. The summed E-state index contributed by atoms with van der Waals surface area (Å²) in [6, 6.07) is 0. The molecule has 0 radical (unpaired) electrons. The van der Waals surface area contributed by atoms with Gasteiger partial charge in [-0.05, 0) is 18.8 Å². The van der Waals surface area contributed by atoms with Crippen LogP contribution in [0.4, 0.5) is 0 Å². The van der Waals surface area contributed by atoms with Crippen LogP contribution < -0.4 is 5.32 Å². The lowest BCUT2D eigenvalue weighted by atomic mass is 9.86. The van der Waals surface area contributed by atoms with Gasteiger partial charge in [-0.15, -0.1) is 0 Å². The topological polar surface area (TPSA) is 29.1 Å². The van der Waals surface area contributed by atoms with E-state index in [1.165, 1.54) is 0 Å². The quantitative estimate of drug-likeness (QED) is 0.547. The number of rotatable bonds is 0. The van der Waals surface area contributed by atoms with Gasteiger partial charge in [0.2, 0.25) is 5.91 Å². The van der Waals surface area contributed by atoms with Gasteiger partial charge in [-0.25, -0.2) is 0 Å². The summed E-state index contributed by atoms with van der Waals surface area (Å²) in [5, 5.41) is 2.88. The Balaban J connectivity index is 0.000000336. The van der Waals surface area contributed by atoms with Gasteiger partial charge in [0.05, 0.1) is 0 Å². The highest BCUT2D eigenvalue weighted by molar-refractivity contribution is 5.81. The summed E-state index contributed by atoms with van der Waals surface area (Å²) >= 11 is 0. The Kier molecular flexibility index (Phi) is 3.32. The van der Waals surface area contributed by atoms with Gasteiger partial charge in [0.15, 0.2) is 0 Å². The van der Waals surface area contributed by atoms with E-state index in [1.54, 1.807) is 0 Å². The standard InChI is InChI=1S/C8H11NO.C2H6/c10-8-7-4-2-1-3-6(7)5-9-8;1-2/h1-2,6-7H,3-5H2,(H,9,10);1-2H3. The molecule has 1 amide bonds. The summed E-state index contributed by atoms with van der Waals surface area (Å²) in [6.07, 6.45) is 6.34. The smallest absolute Gasteiger partial charge is 0.223 e. The van der Waals surface area contributed by atoms with Gasteiger partial charge in [-0.2, -0.15) is 0 Å². The van der Waals surface area contributed by atoms with Gasteiger partial charge in [-0.3, -0.25) is 4.79 Å². The summed E-state index contributed by atoms with van der Waals surface area (Å²) in [7, 11) is 0. The number of nitrogens with one attached hydrogen (secondary N) is 1. The van der Waals surface area contributed by atoms with Gasteiger partial charge < -0.3 is 5.32 Å². The minimum atomic E-state index is 0.259. The highest BCUT2D eigenvalue weighted by Gasteiger charge is 2.33. The molecular formula is C10H17NO. The Morgan fingerprint density at radius 2 is 2.00 bits per heavy atom. The van der Waals surface area contributed by atoms with E-state index in [9.17, 15) is 4.79 Å². The zero-order valence-electron chi connectivity index (χ0n) is 7.84. The fourth-order valence-electron chi connectivity index (χ4n) is 1.78. The fraction of sp³-hybridized carbons (Fsp3) is 0.700. The molecule has 68 valence electrons. The number of allylic oxidation sites excluding steroid dienone is 2. The average Bonchev–Trinajstić information content (AvgIpc) is 2.53. The molecule has 1 saturated heterocycles. The molecule has 2 heteroatoms. The molecule has 0 aromatic carbocycles. The van der Waals surface area contributed by atoms with Crippen molar-refractivity contribution in [2.75, 3.05) is 6.54 Å². The van der Waals surface area contributed by atoms with Crippen molar-refractivity contribution in [1.29, 1.82) is 0 Å². The third kappa shape index (κ3) is 1.68. The molecule has 0 spiro atoms. The third-order valence-electron chi connectivity index (χ3n) is 2.44. The van der Waals surface area contributed by atoms with Crippen molar-refractivity contribution in [3.63, 3.8) is 0 Å². The van der Waals surface area contributed by atoms with E-state index in [2.05, 4.69) is 17.5 Å². The molecule has 1 heterocycles. The SMILES string of the molecule is CC.O=C1NCC2CC=CCC12. The van der Waals surface area contributed by atoms with E-state index in [0.29, 0.717) is 11.8 Å². The van der Waals surface area contributed by atoms with Crippen LogP contribution in [-0.4, -0.2) is 12.5 Å². The van der Waals surface area contributed by atoms with Crippen molar-refractivity contribution < 1.29 is 4.79 Å². The van der Waals surface area contributed by atoms with Crippen LogP contribution in [0.15, 0.2) is 12.2 Å². The molecule has 2 atom stereocenters. The lowest BCUT2D eigenvalue weighted by Gasteiger charge is -2.16. The number of amides is 1. The Hall–Kier alpha value is -0.790. The third-order valence-corrected chi connectivity index (χ3v) is 2.44. The largest absolute Gasteiger partial charge is 0.356 e. The van der Waals surface area contributed by atoms with Crippen LogP contribution in [-0.2, 0) is 4.79 Å². The van der Waals surface area contributed by atoms with Crippen molar-refractivity contribution in [3.05, 3.63) is 12.2 Å². The Morgan fingerprint density at radius 1 is 1.33 bits per heavy atom. The number of fused-ring (bicyclic) bond motifs is 1. The normalized spacial score (nSPS) is 31.7. The number of hydrogen-bond acceptors (Lipinski definition) is 1. The predicted molar refractivity (Wildman–Crippen MR) is 49.7 cm³/mol. The maximum atomic E-state index is 11.1. The maximum Gasteiger partial charge on any atom is 0.223 e. The maximum absolute atomic E-state index is 11.1. The second-order valence-corrected chi connectivity index (χ2v) is 3.05. The molecule has 0 saturated carbocycles. The van der Waals surface area contributed by atoms with Crippen molar-refractivity contribution in [3.8, 4) is 0 Å². The molecule has 0 aromatic rings. The molecule has 1 fully saturated rings. The number of carbonyl (C=O) groups is 1. The van der Waals surface area contributed by atoms with E-state index in [0.717, 1.165) is 19.4 Å².